The van der Waals surface area contributed by atoms with Gasteiger partial charge in [-0.3, -0.25) is 39.4 Å². The summed E-state index contributed by atoms with van der Waals surface area (Å²) in [6.07, 6.45) is -17.4. The van der Waals surface area contributed by atoms with Gasteiger partial charge in [0, 0.05) is 62.7 Å². The molecule has 24 nitrogen and oxygen atoms in total. The minimum Gasteiger partial charge on any atom is -0.465 e. The number of aromatic nitrogens is 10. The van der Waals surface area contributed by atoms with Crippen molar-refractivity contribution in [2.45, 2.75) is 96.6 Å². The van der Waals surface area contributed by atoms with Gasteiger partial charge in [-0.15, -0.1) is 0 Å². The van der Waals surface area contributed by atoms with Crippen LogP contribution in [-0.2, 0) is 84.4 Å². The van der Waals surface area contributed by atoms with Crippen LogP contribution in [0, 0.1) is 35.7 Å². The van der Waals surface area contributed by atoms with E-state index in [4.69, 9.17) is 15.6 Å². The first kappa shape index (κ1) is 94.5. The largest absolute Gasteiger partial charge is 0.465 e. The summed E-state index contributed by atoms with van der Waals surface area (Å²) >= 11 is 0. The number of halogens is 21. The average Bonchev–Trinajstić information content (AvgIpc) is 0.810. The van der Waals surface area contributed by atoms with Crippen LogP contribution < -0.4 is 26.6 Å². The maximum absolute atomic E-state index is 13.9. The van der Waals surface area contributed by atoms with Gasteiger partial charge in [0.05, 0.1) is 38.5 Å². The van der Waals surface area contributed by atoms with Gasteiger partial charge in [-0.1, -0.05) is 30.3 Å². The molecule has 0 aliphatic carbocycles. The number of nitrogens with two attached hydrogens (primary N) is 1. The van der Waals surface area contributed by atoms with Crippen molar-refractivity contribution in [3.05, 3.63) is 272 Å². The quantitative estimate of drug-likeness (QED) is 0.0175. The Hall–Kier alpha value is -13.1. The van der Waals surface area contributed by atoms with Gasteiger partial charge in [0.25, 0.3) is 0 Å². The van der Waals surface area contributed by atoms with Crippen molar-refractivity contribution in [2.75, 3.05) is 35.1 Å². The molecular formula is C72H60F21N15O9. The zero-order chi connectivity index (χ0) is 87.4. The van der Waals surface area contributed by atoms with Gasteiger partial charge < -0.3 is 41.0 Å². The van der Waals surface area contributed by atoms with Crippen LogP contribution in [0.25, 0.3) is 0 Å². The molecule has 0 aromatic carbocycles. The van der Waals surface area contributed by atoms with Crippen molar-refractivity contribution in [3.63, 3.8) is 0 Å². The molecular weight excluding hydrogens is 1620 g/mol. The van der Waals surface area contributed by atoms with Crippen molar-refractivity contribution < 1.29 is 135 Å². The lowest BCUT2D eigenvalue weighted by molar-refractivity contribution is -0.142. The van der Waals surface area contributed by atoms with E-state index in [1.165, 1.54) is 66.7 Å². The Morgan fingerprint density at radius 1 is 0.419 bits per heavy atom. The van der Waals surface area contributed by atoms with E-state index in [0.717, 1.165) is 105 Å². The van der Waals surface area contributed by atoms with E-state index < -0.39 is 125 Å². The van der Waals surface area contributed by atoms with E-state index in [-0.39, 0.29) is 95.7 Å². The second-order valence-corrected chi connectivity index (χ2v) is 23.7. The van der Waals surface area contributed by atoms with E-state index in [0.29, 0.717) is 28.5 Å². The third-order valence-corrected chi connectivity index (χ3v) is 14.0. The Kier molecular flexibility index (Phi) is 34.2. The number of hydrogen-bond acceptors (Lipinski definition) is 23. The van der Waals surface area contributed by atoms with Gasteiger partial charge in [0.15, 0.2) is 12.6 Å². The second-order valence-electron chi connectivity index (χ2n) is 23.7. The summed E-state index contributed by atoms with van der Waals surface area (Å²) < 4.78 is 278. The molecule has 1 amide bonds. The van der Waals surface area contributed by atoms with Gasteiger partial charge in [0.2, 0.25) is 35.7 Å². The first-order valence-corrected chi connectivity index (χ1v) is 32.4. The minimum absolute atomic E-state index is 0.0664. The molecule has 0 radical (unpaired) electrons. The number of carbonyl (C=O) groups is 5. The molecule has 0 saturated carbocycles. The summed E-state index contributed by atoms with van der Waals surface area (Å²) in [5.74, 6) is -7.35. The molecule has 10 aromatic heterocycles. The lowest BCUT2D eigenvalue weighted by atomic mass is 10.2. The van der Waals surface area contributed by atoms with Crippen molar-refractivity contribution in [1.82, 2.24) is 49.8 Å². The molecule has 0 aliphatic heterocycles. The van der Waals surface area contributed by atoms with Crippen molar-refractivity contribution in [2.24, 2.45) is 5.73 Å². The Labute approximate surface area is 646 Å². The lowest BCUT2D eigenvalue weighted by Crippen LogP contribution is -2.37. The number of pyridine rings is 10. The number of carbonyl (C=O) groups excluding carboxylic acids is 5. The van der Waals surface area contributed by atoms with Crippen molar-refractivity contribution >= 4 is 53.9 Å². The number of esters is 2. The van der Waals surface area contributed by atoms with Gasteiger partial charge >= 0.3 is 48.9 Å². The van der Waals surface area contributed by atoms with E-state index in [1.54, 1.807) is 20.8 Å². The van der Waals surface area contributed by atoms with E-state index >= 15 is 0 Å². The number of aliphatic hydroxyl groups is 1. The fourth-order valence-electron chi connectivity index (χ4n) is 8.26. The second kappa shape index (κ2) is 42.3. The van der Waals surface area contributed by atoms with Crippen LogP contribution in [0.2, 0.25) is 0 Å². The molecule has 0 saturated heterocycles. The molecule has 6 N–H and O–H groups in total. The van der Waals surface area contributed by atoms with Gasteiger partial charge in [-0.25, -0.2) is 34.3 Å². The fourth-order valence-corrected chi connectivity index (χ4v) is 8.26. The third kappa shape index (κ3) is 31.0. The number of anilines is 4. The summed E-state index contributed by atoms with van der Waals surface area (Å²) in [7, 11) is 2.22. The Bertz CT molecular complexity index is 4930. The predicted octanol–water partition coefficient (Wildman–Crippen LogP) is 15.9. The van der Waals surface area contributed by atoms with Gasteiger partial charge in [0.1, 0.15) is 68.5 Å². The lowest BCUT2D eigenvalue weighted by Gasteiger charge is -2.27. The van der Waals surface area contributed by atoms with Crippen molar-refractivity contribution in [3.8, 4) is 0 Å². The van der Waals surface area contributed by atoms with Crippen LogP contribution in [0.1, 0.15) is 124 Å². The summed E-state index contributed by atoms with van der Waals surface area (Å²) in [6, 6.07) is 22.8. The highest BCUT2D eigenvalue weighted by Gasteiger charge is 2.36. The highest BCUT2D eigenvalue weighted by Crippen LogP contribution is 2.32. The summed E-state index contributed by atoms with van der Waals surface area (Å²) in [4.78, 5) is 90.1. The molecule has 10 rings (SSSR count). The average molecular weight is 1680 g/mol. The van der Waals surface area contributed by atoms with Crippen LogP contribution in [0.4, 0.5) is 120 Å². The Morgan fingerprint density at radius 3 is 1.06 bits per heavy atom. The molecule has 10 heterocycles. The number of aldehydes is 2. The molecule has 0 aliphatic rings. The maximum atomic E-state index is 13.9. The first-order chi connectivity index (χ1) is 54.7. The molecule has 117 heavy (non-hydrogen) atoms. The first-order valence-electron chi connectivity index (χ1n) is 32.4. The highest BCUT2D eigenvalue weighted by molar-refractivity contribution is 5.90. The maximum Gasteiger partial charge on any atom is 0.433 e. The third-order valence-electron chi connectivity index (χ3n) is 14.0. The van der Waals surface area contributed by atoms with Crippen LogP contribution in [0.5, 0.6) is 0 Å². The Balaban J connectivity index is 0.000000256. The predicted molar refractivity (Wildman–Crippen MR) is 369 cm³/mol. The summed E-state index contributed by atoms with van der Waals surface area (Å²) in [6.45, 7) is 4.69. The molecule has 0 spiro atoms. The van der Waals surface area contributed by atoms with E-state index in [9.17, 15) is 116 Å². The summed E-state index contributed by atoms with van der Waals surface area (Å²) in [5.41, 5.74) is 0.551. The van der Waals surface area contributed by atoms with E-state index in [2.05, 4.69) is 75.3 Å². The van der Waals surface area contributed by atoms with Gasteiger partial charge in [-0.05, 0) is 140 Å². The number of amides is 1. The number of methoxy groups -OCH3 is 2. The monoisotopic (exact) mass is 1680 g/mol. The fraction of sp³-hybridized carbons (Fsp3) is 0.236. The number of nitrogens with zero attached hydrogens (tertiary/aromatic N) is 11. The van der Waals surface area contributed by atoms with Crippen molar-refractivity contribution in [1.29, 1.82) is 0 Å². The number of alkyl halides is 15. The number of rotatable bonds is 18. The number of nitrogens with one attached hydrogen (secondary N) is 3. The number of aliphatic hydroxyl groups excluding tert-OH is 1. The van der Waals surface area contributed by atoms with Gasteiger partial charge in [-0.2, -0.15) is 97.2 Å². The smallest absolute Gasteiger partial charge is 0.433 e. The molecule has 624 valence electrons. The minimum atomic E-state index is -4.60. The molecule has 10 aromatic rings. The van der Waals surface area contributed by atoms with Crippen LogP contribution in [0.15, 0.2) is 152 Å². The topological polar surface area (TPSA) is 328 Å². The molecule has 0 fully saturated rings. The van der Waals surface area contributed by atoms with Crippen LogP contribution >= 0.6 is 0 Å². The highest BCUT2D eigenvalue weighted by atomic mass is 19.4. The number of ether oxygens (including phenoxy) is 3. The van der Waals surface area contributed by atoms with E-state index in [1.807, 2.05) is 0 Å². The summed E-state index contributed by atoms with van der Waals surface area (Å²) in [5, 5.41) is 17.0. The molecule has 0 bridgehead atoms. The number of hydrogen-bond donors (Lipinski definition) is 5. The molecule has 45 heteroatoms. The SMILES string of the molecule is CC(C)(C)OC(=O)N(Cc1ccc(C(F)(F)F)nc1)c1ccc(C=O)c(F)n1.COC(=O)c1ccc(F)nc1F.COC(=O)c1ccc(NCc2ccc(C(F)(F)F)nc2)nc1F.NCc1ccc(C(F)(F)F)nc1.O=Cc1ccc(NCc2ccc(C(F)(F)F)nc2)nc1F.OCc1ccc(NCc2ccc(C(F)(F)F)nc2)nc1F. The zero-order valence-corrected chi connectivity index (χ0v) is 60.5. The van der Waals surface area contributed by atoms with Crippen LogP contribution in [0.3, 0.4) is 0 Å². The molecule has 0 unspecified atom stereocenters. The standard InChI is InChI=1S/C18H17F4N3O3.C14H11F4N3O2.C13H11F4N3O.C13H9F4N3O.C7H7F3N2.C7H5F2NO2/c1-17(2,3)28-16(27)25(14-7-5-12(10-26)15(19)24-14)9-11-4-6-13(23-8-11)18(20,21)22;1-23-13(22)9-3-5-11(21-12(9)15)20-7-8-2-4-10(19-6-8)14(16,17)18;2*14-12-9(7-21)2-4-11(20-12)19-6-8-1-3-10(18-5-8)13(15,16)17;8-7(9,10)6-2-1-5(3-11)4-12-6;1-12-7(11)4-2-3-5(8)10-6(4)9/h4-8,10H,9H2,1-3H3;2-6H,7H2,1H3,(H,20,21);1-5,21H,6-7H2,(H,19,20);1-5,7H,6H2,(H,19,20);1-2,4H,3,11H2;2-3H,1H3. The molecule has 0 atom stereocenters. The van der Waals surface area contributed by atoms with Crippen LogP contribution in [-0.4, -0.2) is 105 Å². The normalized spacial score (nSPS) is 11.3. The zero-order valence-electron chi connectivity index (χ0n) is 60.5. The Morgan fingerprint density at radius 2 is 0.752 bits per heavy atom.